The molecule has 0 aliphatic heterocycles. The highest BCUT2D eigenvalue weighted by atomic mass is 32.1. The van der Waals surface area contributed by atoms with Crippen LogP contribution < -0.4 is 5.32 Å². The van der Waals surface area contributed by atoms with Gasteiger partial charge < -0.3 is 5.32 Å². The topological polar surface area (TPSA) is 63.6 Å². The molecule has 0 aliphatic carbocycles. The normalized spacial score (nSPS) is 10.7. The van der Waals surface area contributed by atoms with Crippen molar-refractivity contribution in [3.63, 3.8) is 0 Å². The van der Waals surface area contributed by atoms with Crippen LogP contribution in [0.4, 0.5) is 0 Å². The maximum atomic E-state index is 4.12. The zero-order valence-corrected chi connectivity index (χ0v) is 9.94. The summed E-state index contributed by atoms with van der Waals surface area (Å²) in [5.74, 6) is 0. The minimum atomic E-state index is 0.831. The molecule has 0 saturated carbocycles. The number of aryl methyl sites for hydroxylation is 1. The summed E-state index contributed by atoms with van der Waals surface area (Å²) in [5, 5.41) is 19.1. The van der Waals surface area contributed by atoms with Crippen LogP contribution >= 0.6 is 22.9 Å². The molecule has 2 aromatic rings. The monoisotopic (exact) mass is 241 g/mol. The molecule has 80 valence electrons. The van der Waals surface area contributed by atoms with Gasteiger partial charge in [0, 0.05) is 11.8 Å². The Balaban J connectivity index is 1.98. The van der Waals surface area contributed by atoms with Gasteiger partial charge in [-0.1, -0.05) is 15.8 Å². The Bertz CT molecular complexity index is 397. The molecule has 0 spiro atoms. The number of hydrogen-bond acceptors (Lipinski definition) is 7. The van der Waals surface area contributed by atoms with Crippen molar-refractivity contribution in [1.29, 1.82) is 0 Å². The standard InChI is InChI=1S/C8H11N5S2/c1-9-4-2-3-7-11-12-8(15-7)6-5-14-13-10-6/h5,9H,2-4H2,1H3. The third kappa shape index (κ3) is 2.77. The second-order valence-corrected chi connectivity index (χ2v) is 4.67. The van der Waals surface area contributed by atoms with Crippen LogP contribution in [0.5, 0.6) is 0 Å². The summed E-state index contributed by atoms with van der Waals surface area (Å²) in [6.07, 6.45) is 2.05. The lowest BCUT2D eigenvalue weighted by Crippen LogP contribution is -2.08. The summed E-state index contributed by atoms with van der Waals surface area (Å²) in [4.78, 5) is 0. The van der Waals surface area contributed by atoms with Gasteiger partial charge in [-0.15, -0.1) is 15.3 Å². The quantitative estimate of drug-likeness (QED) is 0.797. The summed E-state index contributed by atoms with van der Waals surface area (Å²) in [6, 6.07) is 0. The molecule has 2 aromatic heterocycles. The van der Waals surface area contributed by atoms with Gasteiger partial charge in [-0.05, 0) is 31.5 Å². The first-order valence-electron chi connectivity index (χ1n) is 4.64. The molecule has 7 heteroatoms. The van der Waals surface area contributed by atoms with E-state index in [0.29, 0.717) is 0 Å². The minimum absolute atomic E-state index is 0.831. The molecule has 2 heterocycles. The molecule has 0 aliphatic rings. The van der Waals surface area contributed by atoms with E-state index in [1.807, 2.05) is 12.4 Å². The van der Waals surface area contributed by atoms with Gasteiger partial charge in [0.2, 0.25) is 0 Å². The van der Waals surface area contributed by atoms with Gasteiger partial charge in [-0.25, -0.2) is 0 Å². The molecular formula is C8H11N5S2. The Morgan fingerprint density at radius 2 is 2.27 bits per heavy atom. The zero-order chi connectivity index (χ0) is 10.5. The molecule has 0 radical (unpaired) electrons. The van der Waals surface area contributed by atoms with Crippen molar-refractivity contribution in [2.75, 3.05) is 13.6 Å². The lowest BCUT2D eigenvalue weighted by Gasteiger charge is -1.93. The first-order chi connectivity index (χ1) is 7.40. The zero-order valence-electron chi connectivity index (χ0n) is 8.30. The van der Waals surface area contributed by atoms with Crippen LogP contribution in [0.25, 0.3) is 10.7 Å². The Morgan fingerprint density at radius 3 is 3.00 bits per heavy atom. The maximum Gasteiger partial charge on any atom is 0.169 e. The molecule has 1 N–H and O–H groups in total. The molecule has 0 atom stereocenters. The number of hydrogen-bond donors (Lipinski definition) is 1. The van der Waals surface area contributed by atoms with E-state index in [1.54, 1.807) is 11.3 Å². The molecule has 15 heavy (non-hydrogen) atoms. The highest BCUT2D eigenvalue weighted by Crippen LogP contribution is 2.22. The third-order valence-electron chi connectivity index (χ3n) is 1.86. The van der Waals surface area contributed by atoms with Crippen molar-refractivity contribution in [3.05, 3.63) is 10.4 Å². The van der Waals surface area contributed by atoms with Crippen LogP contribution in [0.3, 0.4) is 0 Å². The number of nitrogens with one attached hydrogen (secondary N) is 1. The van der Waals surface area contributed by atoms with Gasteiger partial charge in [0.15, 0.2) is 5.01 Å². The number of aromatic nitrogens is 4. The van der Waals surface area contributed by atoms with E-state index >= 15 is 0 Å². The van der Waals surface area contributed by atoms with Crippen LogP contribution in [-0.4, -0.2) is 33.4 Å². The molecule has 2 rings (SSSR count). The summed E-state index contributed by atoms with van der Waals surface area (Å²) in [5.41, 5.74) is 0.831. The largest absolute Gasteiger partial charge is 0.320 e. The van der Waals surface area contributed by atoms with Gasteiger partial charge in [0.25, 0.3) is 0 Å². The van der Waals surface area contributed by atoms with Crippen molar-refractivity contribution < 1.29 is 0 Å². The van der Waals surface area contributed by atoms with E-state index in [-0.39, 0.29) is 0 Å². The maximum absolute atomic E-state index is 4.12. The summed E-state index contributed by atoms with van der Waals surface area (Å²) in [7, 11) is 1.95. The van der Waals surface area contributed by atoms with Crippen molar-refractivity contribution in [2.45, 2.75) is 12.8 Å². The SMILES string of the molecule is CNCCCc1nnc(-c2csnn2)s1. The molecule has 0 saturated heterocycles. The molecule has 0 fully saturated rings. The highest BCUT2D eigenvalue weighted by Gasteiger charge is 2.08. The fraction of sp³-hybridized carbons (Fsp3) is 0.500. The Hall–Kier alpha value is -0.920. The van der Waals surface area contributed by atoms with E-state index in [9.17, 15) is 0 Å². The van der Waals surface area contributed by atoms with Crippen LogP contribution in [0.2, 0.25) is 0 Å². The highest BCUT2D eigenvalue weighted by molar-refractivity contribution is 7.15. The average molecular weight is 241 g/mol. The summed E-state index contributed by atoms with van der Waals surface area (Å²) < 4.78 is 3.80. The molecule has 5 nitrogen and oxygen atoms in total. The first-order valence-corrected chi connectivity index (χ1v) is 6.30. The first kappa shape index (κ1) is 10.6. The van der Waals surface area contributed by atoms with Gasteiger partial charge in [0.05, 0.1) is 0 Å². The van der Waals surface area contributed by atoms with Crippen LogP contribution in [-0.2, 0) is 6.42 Å². The van der Waals surface area contributed by atoms with Crippen molar-refractivity contribution in [2.24, 2.45) is 0 Å². The summed E-state index contributed by atoms with van der Waals surface area (Å²) in [6.45, 7) is 1.01. The smallest absolute Gasteiger partial charge is 0.169 e. The van der Waals surface area contributed by atoms with Crippen LogP contribution in [0.15, 0.2) is 5.38 Å². The van der Waals surface area contributed by atoms with Crippen LogP contribution in [0.1, 0.15) is 11.4 Å². The number of nitrogens with zero attached hydrogens (tertiary/aromatic N) is 4. The fourth-order valence-electron chi connectivity index (χ4n) is 1.13. The minimum Gasteiger partial charge on any atom is -0.320 e. The van der Waals surface area contributed by atoms with Crippen molar-refractivity contribution in [3.8, 4) is 10.7 Å². The molecular weight excluding hydrogens is 230 g/mol. The van der Waals surface area contributed by atoms with Crippen molar-refractivity contribution in [1.82, 2.24) is 25.1 Å². The van der Waals surface area contributed by atoms with E-state index in [0.717, 1.165) is 35.1 Å². The Kier molecular flexibility index (Phi) is 3.70. The van der Waals surface area contributed by atoms with Crippen LogP contribution in [0, 0.1) is 0 Å². The van der Waals surface area contributed by atoms with Gasteiger partial charge in [-0.3, -0.25) is 0 Å². The van der Waals surface area contributed by atoms with Crippen molar-refractivity contribution >= 4 is 22.9 Å². The van der Waals surface area contributed by atoms with Gasteiger partial charge in [0.1, 0.15) is 10.7 Å². The van der Waals surface area contributed by atoms with E-state index in [1.165, 1.54) is 11.5 Å². The Morgan fingerprint density at radius 1 is 1.33 bits per heavy atom. The second kappa shape index (κ2) is 5.24. The van der Waals surface area contributed by atoms with Gasteiger partial charge >= 0.3 is 0 Å². The lowest BCUT2D eigenvalue weighted by atomic mass is 10.3. The predicted octanol–water partition coefficient (Wildman–Crippen LogP) is 1.21. The molecule has 0 aromatic carbocycles. The molecule has 0 unspecified atom stereocenters. The van der Waals surface area contributed by atoms with E-state index < -0.39 is 0 Å². The molecule has 0 amide bonds. The number of rotatable bonds is 5. The summed E-state index contributed by atoms with van der Waals surface area (Å²) >= 11 is 2.93. The third-order valence-corrected chi connectivity index (χ3v) is 3.37. The van der Waals surface area contributed by atoms with Gasteiger partial charge in [-0.2, -0.15) is 0 Å². The van der Waals surface area contributed by atoms with E-state index in [4.69, 9.17) is 0 Å². The lowest BCUT2D eigenvalue weighted by molar-refractivity contribution is 0.718. The molecule has 0 bridgehead atoms. The average Bonchev–Trinajstić information content (AvgIpc) is 2.87. The second-order valence-electron chi connectivity index (χ2n) is 3.00. The predicted molar refractivity (Wildman–Crippen MR) is 61.1 cm³/mol. The Labute approximate surface area is 95.7 Å². The fourth-order valence-corrected chi connectivity index (χ4v) is 2.48. The van der Waals surface area contributed by atoms with E-state index in [2.05, 4.69) is 25.1 Å².